The summed E-state index contributed by atoms with van der Waals surface area (Å²) in [6, 6.07) is 5.86. The molecule has 16 nitrogen and oxygen atoms in total. The number of carbonyl (C=O) groups is 3. The number of aromatic nitrogens is 6. The van der Waals surface area contributed by atoms with Crippen LogP contribution in [0.3, 0.4) is 0 Å². The van der Waals surface area contributed by atoms with Gasteiger partial charge in [-0.2, -0.15) is 10.1 Å². The van der Waals surface area contributed by atoms with Gasteiger partial charge in [-0.3, -0.25) is 34.1 Å². The van der Waals surface area contributed by atoms with Crippen molar-refractivity contribution in [3.8, 4) is 0 Å². The number of rotatable bonds is 9. The zero-order valence-electron chi connectivity index (χ0n) is 29.5. The molecule has 1 unspecified atom stereocenters. The normalized spacial score (nSPS) is 20.9. The van der Waals surface area contributed by atoms with Crippen LogP contribution in [0.2, 0.25) is 0 Å². The van der Waals surface area contributed by atoms with E-state index in [0.717, 1.165) is 68.9 Å². The maximum Gasteiger partial charge on any atom is 0.263 e. The average molecular weight is 709 g/mol. The number of carbonyl (C=O) groups excluding carboxylic acids is 3. The molecule has 3 saturated heterocycles. The Labute approximate surface area is 300 Å². The lowest BCUT2D eigenvalue weighted by Crippen LogP contribution is -2.51. The number of nitrogens with zero attached hydrogens (tertiary/aromatic N) is 9. The standard InChI is InChI=1S/C36H44N12O4/c1-36(10-11-36)43-32-31-27(9-12-44(2)34(31)52)40-35(42-32)39-24-20-38-48(21-24)25-7-13-47(14-8-25)30(50)22-45-15-17-46(18-16-45)28-5-3-23(19-37-28)26-4-6-29(49)41-33(26)51/h3,5,9,12,19-21,25-26H,4,6-8,10-11,13-18,22H2,1-2H3,(H,41,49,51)(H2,39,40,42,43). The smallest absolute Gasteiger partial charge is 0.263 e. The molecule has 272 valence electrons. The van der Waals surface area contributed by atoms with E-state index < -0.39 is 0 Å². The molecule has 16 heteroatoms. The number of hydrogen-bond donors (Lipinski definition) is 3. The Morgan fingerprint density at radius 3 is 2.48 bits per heavy atom. The van der Waals surface area contributed by atoms with Gasteiger partial charge < -0.3 is 25.0 Å². The molecule has 0 radical (unpaired) electrons. The summed E-state index contributed by atoms with van der Waals surface area (Å²) in [5, 5.41) is 14.3. The van der Waals surface area contributed by atoms with Crippen LogP contribution in [0.15, 0.2) is 47.8 Å². The van der Waals surface area contributed by atoms with Crippen LogP contribution in [-0.2, 0) is 21.4 Å². The Morgan fingerprint density at radius 2 is 1.77 bits per heavy atom. The summed E-state index contributed by atoms with van der Waals surface area (Å²) < 4.78 is 3.49. The van der Waals surface area contributed by atoms with Crippen molar-refractivity contribution in [3.63, 3.8) is 0 Å². The van der Waals surface area contributed by atoms with Gasteiger partial charge in [-0.25, -0.2) is 9.97 Å². The second-order valence-electron chi connectivity index (χ2n) is 14.7. The van der Waals surface area contributed by atoms with Crippen LogP contribution >= 0.6 is 0 Å². The van der Waals surface area contributed by atoms with Crippen molar-refractivity contribution >= 4 is 51.9 Å². The van der Waals surface area contributed by atoms with Crippen molar-refractivity contribution < 1.29 is 14.4 Å². The zero-order chi connectivity index (χ0) is 36.0. The molecule has 0 aromatic carbocycles. The number of piperidine rings is 2. The average Bonchev–Trinajstić information content (AvgIpc) is 3.68. The summed E-state index contributed by atoms with van der Waals surface area (Å²) in [7, 11) is 1.72. The van der Waals surface area contributed by atoms with Crippen molar-refractivity contribution in [2.75, 3.05) is 61.3 Å². The van der Waals surface area contributed by atoms with E-state index in [0.29, 0.717) is 55.1 Å². The molecule has 4 aromatic heterocycles. The van der Waals surface area contributed by atoms with Gasteiger partial charge >= 0.3 is 0 Å². The second kappa shape index (κ2) is 13.6. The Bertz CT molecular complexity index is 2060. The van der Waals surface area contributed by atoms with Crippen LogP contribution in [0.4, 0.5) is 23.3 Å². The van der Waals surface area contributed by atoms with Crippen LogP contribution in [-0.4, -0.2) is 108 Å². The second-order valence-corrected chi connectivity index (χ2v) is 14.7. The summed E-state index contributed by atoms with van der Waals surface area (Å²) in [6.07, 6.45) is 11.7. The Kier molecular flexibility index (Phi) is 8.85. The van der Waals surface area contributed by atoms with Crippen LogP contribution < -0.4 is 26.4 Å². The first-order valence-corrected chi connectivity index (χ1v) is 18.1. The number of pyridine rings is 2. The fourth-order valence-electron chi connectivity index (χ4n) is 7.32. The number of nitrogens with one attached hydrogen (secondary N) is 3. The topological polar surface area (TPSA) is 176 Å². The molecule has 1 saturated carbocycles. The van der Waals surface area contributed by atoms with Crippen molar-refractivity contribution in [3.05, 3.63) is 58.9 Å². The highest BCUT2D eigenvalue weighted by atomic mass is 16.2. The molecular weight excluding hydrogens is 664 g/mol. The number of hydrogen-bond acceptors (Lipinski definition) is 12. The number of aryl methyl sites for hydroxylation is 1. The molecule has 0 bridgehead atoms. The van der Waals surface area contributed by atoms with E-state index in [9.17, 15) is 19.2 Å². The summed E-state index contributed by atoms with van der Waals surface area (Å²) in [5.74, 6) is 1.11. The fourth-order valence-corrected chi connectivity index (χ4v) is 7.32. The summed E-state index contributed by atoms with van der Waals surface area (Å²) >= 11 is 0. The van der Waals surface area contributed by atoms with E-state index in [1.165, 1.54) is 4.57 Å². The first-order chi connectivity index (χ1) is 25.1. The Morgan fingerprint density at radius 1 is 0.981 bits per heavy atom. The number of likely N-dealkylation sites (tertiary alicyclic amines) is 1. The molecule has 4 aromatic rings. The van der Waals surface area contributed by atoms with Gasteiger partial charge in [0.05, 0.1) is 35.9 Å². The highest BCUT2D eigenvalue weighted by molar-refractivity contribution is 6.00. The molecular formula is C36H44N12O4. The minimum absolute atomic E-state index is 0.0652. The van der Waals surface area contributed by atoms with E-state index in [2.05, 4.69) is 47.7 Å². The van der Waals surface area contributed by atoms with E-state index in [1.807, 2.05) is 34.0 Å². The molecule has 4 fully saturated rings. The number of anilines is 4. The first kappa shape index (κ1) is 33.7. The molecule has 3 N–H and O–H groups in total. The number of amides is 3. The van der Waals surface area contributed by atoms with E-state index >= 15 is 0 Å². The van der Waals surface area contributed by atoms with Crippen LogP contribution in [0.5, 0.6) is 0 Å². The number of fused-ring (bicyclic) bond motifs is 1. The van der Waals surface area contributed by atoms with Crippen LogP contribution in [0.25, 0.3) is 10.9 Å². The molecule has 4 aliphatic rings. The molecule has 7 heterocycles. The molecule has 1 aliphatic carbocycles. The highest BCUT2D eigenvalue weighted by Gasteiger charge is 2.38. The molecule has 8 rings (SSSR count). The summed E-state index contributed by atoms with van der Waals surface area (Å²) in [4.78, 5) is 70.3. The van der Waals surface area contributed by atoms with Gasteiger partial charge in [-0.15, -0.1) is 0 Å². The number of piperazine rings is 1. The highest BCUT2D eigenvalue weighted by Crippen LogP contribution is 2.39. The lowest BCUT2D eigenvalue weighted by Gasteiger charge is -2.37. The molecule has 3 amide bonds. The Balaban J connectivity index is 0.816. The minimum atomic E-state index is -0.344. The summed E-state index contributed by atoms with van der Waals surface area (Å²) in [5.41, 5.74) is 1.95. The lowest BCUT2D eigenvalue weighted by molar-refractivity contribution is -0.135. The minimum Gasteiger partial charge on any atom is -0.364 e. The van der Waals surface area contributed by atoms with Crippen LogP contribution in [0.1, 0.15) is 63.0 Å². The largest absolute Gasteiger partial charge is 0.364 e. The van der Waals surface area contributed by atoms with Gasteiger partial charge in [0.1, 0.15) is 17.0 Å². The Hall–Kier alpha value is -5.38. The third-order valence-electron chi connectivity index (χ3n) is 10.9. The van der Waals surface area contributed by atoms with Gasteiger partial charge in [0.25, 0.3) is 5.56 Å². The molecule has 3 aliphatic heterocycles. The van der Waals surface area contributed by atoms with Gasteiger partial charge in [0.15, 0.2) is 0 Å². The van der Waals surface area contributed by atoms with E-state index in [1.54, 1.807) is 25.6 Å². The van der Waals surface area contributed by atoms with Gasteiger partial charge in [0.2, 0.25) is 23.7 Å². The fraction of sp³-hybridized carbons (Fsp3) is 0.500. The maximum absolute atomic E-state index is 13.3. The predicted octanol–water partition coefficient (Wildman–Crippen LogP) is 2.13. The van der Waals surface area contributed by atoms with Crippen molar-refractivity contribution in [2.24, 2.45) is 7.05 Å². The van der Waals surface area contributed by atoms with Crippen LogP contribution in [0, 0.1) is 0 Å². The predicted molar refractivity (Wildman–Crippen MR) is 194 cm³/mol. The van der Waals surface area contributed by atoms with E-state index in [-0.39, 0.29) is 40.8 Å². The number of imide groups is 1. The first-order valence-electron chi connectivity index (χ1n) is 18.1. The molecule has 1 atom stereocenters. The monoisotopic (exact) mass is 708 g/mol. The maximum atomic E-state index is 13.3. The SMILES string of the molecule is Cn1ccc2nc(Nc3cnn(C4CCN(C(=O)CN5CCN(c6ccc(C7CCC(=O)NC7=O)cn6)CC5)CC4)c3)nc(NC3(C)CC3)c2c1=O. The van der Waals surface area contributed by atoms with E-state index in [4.69, 9.17) is 4.98 Å². The lowest BCUT2D eigenvalue weighted by atomic mass is 9.92. The van der Waals surface area contributed by atoms with Crippen molar-refractivity contribution in [2.45, 2.75) is 62.9 Å². The molecule has 52 heavy (non-hydrogen) atoms. The summed E-state index contributed by atoms with van der Waals surface area (Å²) in [6.45, 7) is 6.90. The molecule has 0 spiro atoms. The zero-order valence-corrected chi connectivity index (χ0v) is 29.5. The van der Waals surface area contributed by atoms with Gasteiger partial charge in [-0.05, 0) is 56.7 Å². The van der Waals surface area contributed by atoms with Gasteiger partial charge in [-0.1, -0.05) is 6.07 Å². The third-order valence-corrected chi connectivity index (χ3v) is 10.9. The van der Waals surface area contributed by atoms with Crippen molar-refractivity contribution in [1.82, 2.24) is 44.4 Å². The van der Waals surface area contributed by atoms with Crippen molar-refractivity contribution in [1.29, 1.82) is 0 Å². The third kappa shape index (κ3) is 7.07. The quantitative estimate of drug-likeness (QED) is 0.217. The van der Waals surface area contributed by atoms with Gasteiger partial charge in [0, 0.05) is 76.9 Å².